The van der Waals surface area contributed by atoms with Crippen LogP contribution in [0.25, 0.3) is 0 Å². The maximum atomic E-state index is 10.2. The van der Waals surface area contributed by atoms with Crippen molar-refractivity contribution in [3.05, 3.63) is 0 Å². The van der Waals surface area contributed by atoms with E-state index in [1.54, 1.807) is 0 Å². The van der Waals surface area contributed by atoms with Crippen molar-refractivity contribution in [1.82, 2.24) is 0 Å². The summed E-state index contributed by atoms with van der Waals surface area (Å²) in [6.45, 7) is 2.14. The average molecular weight is 175 g/mol. The molecule has 0 aromatic carbocycles. The molecule has 0 aliphatic carbocycles. The Labute approximate surface area is 61.9 Å². The first kappa shape index (κ1) is 11.9. The smallest absolute Gasteiger partial charge is 0.264 e. The van der Waals surface area contributed by atoms with E-state index in [2.05, 4.69) is 4.18 Å². The molecule has 0 spiro atoms. The highest BCUT2D eigenvalue weighted by Gasteiger charge is 1.96. The maximum Gasteiger partial charge on any atom is 0.264 e. The Kier molecular flexibility index (Phi) is 6.66. The second kappa shape index (κ2) is 5.02. The minimum Gasteiger partial charge on any atom is -0.270 e. The minimum absolute atomic E-state index is 0. The standard InChI is InChI=1S/C4H10O3S.ClH/c1-3-4-7-8(2,5)6;/h3-4H2,1-2H3;1H. The van der Waals surface area contributed by atoms with E-state index in [-0.39, 0.29) is 12.4 Å². The number of rotatable bonds is 3. The third-order valence-electron chi connectivity index (χ3n) is 0.502. The fraction of sp³-hybridized carbons (Fsp3) is 1.00. The molecule has 0 heterocycles. The van der Waals surface area contributed by atoms with Crippen LogP contribution in [0.5, 0.6) is 0 Å². The van der Waals surface area contributed by atoms with Crippen molar-refractivity contribution >= 4 is 22.5 Å². The quantitative estimate of drug-likeness (QED) is 0.595. The molecule has 0 unspecified atom stereocenters. The van der Waals surface area contributed by atoms with Gasteiger partial charge in [0.1, 0.15) is 0 Å². The van der Waals surface area contributed by atoms with Gasteiger partial charge in [-0.05, 0) is 6.42 Å². The SMILES string of the molecule is CCCOS(C)(=O)=O.Cl. The van der Waals surface area contributed by atoms with Crippen molar-refractivity contribution in [2.24, 2.45) is 0 Å². The Hall–Kier alpha value is 0.200. The second-order valence-corrected chi connectivity index (χ2v) is 3.17. The highest BCUT2D eigenvalue weighted by molar-refractivity contribution is 7.85. The molecule has 0 atom stereocenters. The maximum absolute atomic E-state index is 10.2. The topological polar surface area (TPSA) is 43.4 Å². The van der Waals surface area contributed by atoms with E-state index in [0.717, 1.165) is 12.7 Å². The number of hydrogen-bond acceptors (Lipinski definition) is 3. The molecule has 58 valence electrons. The van der Waals surface area contributed by atoms with Gasteiger partial charge in [-0.1, -0.05) is 6.92 Å². The molecule has 0 fully saturated rings. The largest absolute Gasteiger partial charge is 0.270 e. The van der Waals surface area contributed by atoms with Crippen LogP contribution in [0.2, 0.25) is 0 Å². The van der Waals surface area contributed by atoms with E-state index in [4.69, 9.17) is 0 Å². The highest BCUT2D eigenvalue weighted by atomic mass is 35.5. The Balaban J connectivity index is 0. The molecule has 0 N–H and O–H groups in total. The van der Waals surface area contributed by atoms with Gasteiger partial charge in [-0.3, -0.25) is 4.18 Å². The Bertz CT molecular complexity index is 140. The van der Waals surface area contributed by atoms with Crippen molar-refractivity contribution in [2.75, 3.05) is 12.9 Å². The Morgan fingerprint density at radius 2 is 1.89 bits per heavy atom. The molecule has 9 heavy (non-hydrogen) atoms. The molecule has 3 nitrogen and oxygen atoms in total. The molecular weight excluding hydrogens is 164 g/mol. The summed E-state index contributed by atoms with van der Waals surface area (Å²) in [6.07, 6.45) is 1.77. The van der Waals surface area contributed by atoms with E-state index in [0.29, 0.717) is 6.61 Å². The molecule has 0 aromatic rings. The van der Waals surface area contributed by atoms with Crippen LogP contribution < -0.4 is 0 Å². The summed E-state index contributed by atoms with van der Waals surface area (Å²) in [5.74, 6) is 0. The summed E-state index contributed by atoms with van der Waals surface area (Å²) < 4.78 is 24.7. The summed E-state index contributed by atoms with van der Waals surface area (Å²) in [7, 11) is -3.19. The number of hydrogen-bond donors (Lipinski definition) is 0. The Morgan fingerprint density at radius 3 is 2.00 bits per heavy atom. The van der Waals surface area contributed by atoms with Gasteiger partial charge in [-0.2, -0.15) is 8.42 Å². The lowest BCUT2D eigenvalue weighted by Gasteiger charge is -1.94. The van der Waals surface area contributed by atoms with Gasteiger partial charge in [0.15, 0.2) is 0 Å². The zero-order valence-electron chi connectivity index (χ0n) is 5.46. The summed E-state index contributed by atoms with van der Waals surface area (Å²) in [4.78, 5) is 0. The molecule has 0 amide bonds. The van der Waals surface area contributed by atoms with Crippen LogP contribution in [0.3, 0.4) is 0 Å². The van der Waals surface area contributed by atoms with Crippen molar-refractivity contribution in [3.8, 4) is 0 Å². The van der Waals surface area contributed by atoms with Crippen molar-refractivity contribution < 1.29 is 12.6 Å². The second-order valence-electron chi connectivity index (χ2n) is 1.53. The van der Waals surface area contributed by atoms with Crippen LogP contribution in [0, 0.1) is 0 Å². The summed E-state index contributed by atoms with van der Waals surface area (Å²) in [6, 6.07) is 0. The zero-order valence-corrected chi connectivity index (χ0v) is 7.09. The molecule has 0 aliphatic heterocycles. The van der Waals surface area contributed by atoms with Gasteiger partial charge in [0.05, 0.1) is 12.9 Å². The predicted octanol–water partition coefficient (Wildman–Crippen LogP) is 0.794. The van der Waals surface area contributed by atoms with E-state index in [1.807, 2.05) is 6.92 Å². The highest BCUT2D eigenvalue weighted by Crippen LogP contribution is 1.86. The molecule has 0 aromatic heterocycles. The van der Waals surface area contributed by atoms with Crippen LogP contribution in [0.15, 0.2) is 0 Å². The van der Waals surface area contributed by atoms with Crippen LogP contribution in [0.4, 0.5) is 0 Å². The lowest BCUT2D eigenvalue weighted by molar-refractivity contribution is 0.322. The van der Waals surface area contributed by atoms with Gasteiger partial charge in [0.2, 0.25) is 0 Å². The molecule has 0 saturated carbocycles. The van der Waals surface area contributed by atoms with Gasteiger partial charge in [0, 0.05) is 0 Å². The average Bonchev–Trinajstić information content (AvgIpc) is 1.59. The first-order chi connectivity index (χ1) is 3.56. The molecule has 0 aliphatic rings. The first-order valence-electron chi connectivity index (χ1n) is 2.40. The number of halogens is 1. The van der Waals surface area contributed by atoms with E-state index >= 15 is 0 Å². The van der Waals surface area contributed by atoms with Gasteiger partial charge in [-0.15, -0.1) is 12.4 Å². The fourth-order valence-corrected chi connectivity index (χ4v) is 0.704. The molecular formula is C4H11ClO3S. The predicted molar refractivity (Wildman–Crippen MR) is 38.3 cm³/mol. The Morgan fingerprint density at radius 1 is 1.44 bits per heavy atom. The first-order valence-corrected chi connectivity index (χ1v) is 4.22. The van der Waals surface area contributed by atoms with Gasteiger partial charge < -0.3 is 0 Å². The third kappa shape index (κ3) is 11.7. The monoisotopic (exact) mass is 174 g/mol. The van der Waals surface area contributed by atoms with Crippen LogP contribution in [-0.4, -0.2) is 21.3 Å². The summed E-state index contributed by atoms with van der Waals surface area (Å²) >= 11 is 0. The molecule has 0 bridgehead atoms. The molecule has 0 saturated heterocycles. The van der Waals surface area contributed by atoms with Crippen molar-refractivity contribution in [1.29, 1.82) is 0 Å². The van der Waals surface area contributed by atoms with Crippen molar-refractivity contribution in [3.63, 3.8) is 0 Å². The van der Waals surface area contributed by atoms with E-state index in [9.17, 15) is 8.42 Å². The lowest BCUT2D eigenvalue weighted by atomic mass is 10.5. The normalized spacial score (nSPS) is 10.4. The lowest BCUT2D eigenvalue weighted by Crippen LogP contribution is -2.02. The van der Waals surface area contributed by atoms with Gasteiger partial charge in [-0.25, -0.2) is 0 Å². The van der Waals surface area contributed by atoms with E-state index < -0.39 is 10.1 Å². The fourth-order valence-electron chi connectivity index (χ4n) is 0.235. The zero-order chi connectivity index (χ0) is 6.62. The van der Waals surface area contributed by atoms with Gasteiger partial charge >= 0.3 is 0 Å². The summed E-state index contributed by atoms with van der Waals surface area (Å²) in [5, 5.41) is 0. The van der Waals surface area contributed by atoms with Crippen LogP contribution in [-0.2, 0) is 14.3 Å². The van der Waals surface area contributed by atoms with E-state index in [1.165, 1.54) is 0 Å². The van der Waals surface area contributed by atoms with Crippen LogP contribution in [0.1, 0.15) is 13.3 Å². The third-order valence-corrected chi connectivity index (χ3v) is 1.10. The molecule has 0 rings (SSSR count). The molecule has 5 heteroatoms. The van der Waals surface area contributed by atoms with Crippen molar-refractivity contribution in [2.45, 2.75) is 13.3 Å². The van der Waals surface area contributed by atoms with Gasteiger partial charge in [0.25, 0.3) is 10.1 Å². The van der Waals surface area contributed by atoms with Crippen LogP contribution >= 0.6 is 12.4 Å². The summed E-state index contributed by atoms with van der Waals surface area (Å²) in [5.41, 5.74) is 0. The minimum atomic E-state index is -3.19. The molecule has 0 radical (unpaired) electrons.